The summed E-state index contributed by atoms with van der Waals surface area (Å²) in [6.45, 7) is 0.318. The standard InChI is InChI=1S/C17H17ClFNO/c18-15-7-4-11(8-16(15)19)10-21-13-5-6-14-12(9-13)2-1-3-17(14)20/h4-9,17H,1-3,10,20H2. The SMILES string of the molecule is NC1CCCc2cc(OCc3ccc(Cl)c(F)c3)ccc21. The van der Waals surface area contributed by atoms with Crippen LogP contribution in [0.5, 0.6) is 5.75 Å². The molecule has 0 fully saturated rings. The summed E-state index contributed by atoms with van der Waals surface area (Å²) in [6, 6.07) is 10.8. The topological polar surface area (TPSA) is 35.2 Å². The van der Waals surface area contributed by atoms with E-state index in [0.717, 1.165) is 30.6 Å². The number of hydrogen-bond acceptors (Lipinski definition) is 2. The summed E-state index contributed by atoms with van der Waals surface area (Å²) in [5.41, 5.74) is 9.33. The van der Waals surface area contributed by atoms with E-state index in [-0.39, 0.29) is 11.1 Å². The van der Waals surface area contributed by atoms with E-state index >= 15 is 0 Å². The minimum atomic E-state index is -0.422. The fourth-order valence-electron chi connectivity index (χ4n) is 2.71. The Kier molecular flexibility index (Phi) is 4.13. The lowest BCUT2D eigenvalue weighted by atomic mass is 9.88. The van der Waals surface area contributed by atoms with E-state index in [2.05, 4.69) is 0 Å². The molecular weight excluding hydrogens is 289 g/mol. The van der Waals surface area contributed by atoms with E-state index in [1.807, 2.05) is 18.2 Å². The van der Waals surface area contributed by atoms with Crippen LogP contribution >= 0.6 is 11.6 Å². The summed E-state index contributed by atoms with van der Waals surface area (Å²) in [5, 5.41) is 0.126. The van der Waals surface area contributed by atoms with Crippen LogP contribution in [0.1, 0.15) is 35.6 Å². The van der Waals surface area contributed by atoms with Gasteiger partial charge in [-0.2, -0.15) is 0 Å². The highest BCUT2D eigenvalue weighted by Crippen LogP contribution is 2.30. The Balaban J connectivity index is 1.72. The molecule has 1 aliphatic carbocycles. The molecule has 2 N–H and O–H groups in total. The molecule has 2 aromatic carbocycles. The van der Waals surface area contributed by atoms with Crippen LogP contribution in [0, 0.1) is 5.82 Å². The molecule has 21 heavy (non-hydrogen) atoms. The molecule has 0 radical (unpaired) electrons. The zero-order valence-corrected chi connectivity index (χ0v) is 12.4. The van der Waals surface area contributed by atoms with E-state index in [1.165, 1.54) is 17.2 Å². The van der Waals surface area contributed by atoms with Crippen LogP contribution < -0.4 is 10.5 Å². The Morgan fingerprint density at radius 2 is 2.10 bits per heavy atom. The van der Waals surface area contributed by atoms with Crippen LogP contribution in [-0.4, -0.2) is 0 Å². The van der Waals surface area contributed by atoms with Crippen molar-refractivity contribution in [2.45, 2.75) is 31.9 Å². The molecule has 1 unspecified atom stereocenters. The summed E-state index contributed by atoms with van der Waals surface area (Å²) in [4.78, 5) is 0. The van der Waals surface area contributed by atoms with Crippen LogP contribution in [0.2, 0.25) is 5.02 Å². The Morgan fingerprint density at radius 3 is 2.90 bits per heavy atom. The van der Waals surface area contributed by atoms with E-state index in [9.17, 15) is 4.39 Å². The van der Waals surface area contributed by atoms with Gasteiger partial charge in [0.05, 0.1) is 5.02 Å². The van der Waals surface area contributed by atoms with Crippen LogP contribution in [0.4, 0.5) is 4.39 Å². The number of nitrogens with two attached hydrogens (primary N) is 1. The number of fused-ring (bicyclic) bond motifs is 1. The molecule has 0 saturated carbocycles. The summed E-state index contributed by atoms with van der Waals surface area (Å²) in [6.07, 6.45) is 3.19. The van der Waals surface area contributed by atoms with Crippen LogP contribution in [0.15, 0.2) is 36.4 Å². The minimum Gasteiger partial charge on any atom is -0.489 e. The molecule has 0 amide bonds. The summed E-state index contributed by atoms with van der Waals surface area (Å²) in [7, 11) is 0. The van der Waals surface area contributed by atoms with Crippen molar-refractivity contribution < 1.29 is 9.13 Å². The highest BCUT2D eigenvalue weighted by molar-refractivity contribution is 6.30. The Morgan fingerprint density at radius 1 is 1.24 bits per heavy atom. The fraction of sp³-hybridized carbons (Fsp3) is 0.294. The molecular formula is C17H17ClFNO. The van der Waals surface area contributed by atoms with Gasteiger partial charge in [0.2, 0.25) is 0 Å². The van der Waals surface area contributed by atoms with Gasteiger partial charge in [-0.15, -0.1) is 0 Å². The van der Waals surface area contributed by atoms with Gasteiger partial charge in [0.25, 0.3) is 0 Å². The molecule has 0 aliphatic heterocycles. The lowest BCUT2D eigenvalue weighted by Crippen LogP contribution is -2.17. The molecule has 1 aliphatic rings. The summed E-state index contributed by atoms with van der Waals surface area (Å²) < 4.78 is 19.1. The van der Waals surface area contributed by atoms with Crippen molar-refractivity contribution in [3.05, 3.63) is 63.9 Å². The second-order valence-electron chi connectivity index (χ2n) is 5.40. The van der Waals surface area contributed by atoms with Crippen LogP contribution in [-0.2, 0) is 13.0 Å². The van der Waals surface area contributed by atoms with Gasteiger partial charge in [-0.25, -0.2) is 4.39 Å². The molecule has 2 aromatic rings. The first-order chi connectivity index (χ1) is 10.1. The molecule has 0 heterocycles. The van der Waals surface area contributed by atoms with Gasteiger partial charge in [0.1, 0.15) is 18.2 Å². The van der Waals surface area contributed by atoms with Gasteiger partial charge < -0.3 is 10.5 Å². The average Bonchev–Trinajstić information content (AvgIpc) is 2.49. The largest absolute Gasteiger partial charge is 0.489 e. The quantitative estimate of drug-likeness (QED) is 0.912. The molecule has 2 nitrogen and oxygen atoms in total. The zero-order chi connectivity index (χ0) is 14.8. The molecule has 4 heteroatoms. The molecule has 0 aromatic heterocycles. The zero-order valence-electron chi connectivity index (χ0n) is 11.6. The Bertz CT molecular complexity index is 659. The van der Waals surface area contributed by atoms with Crippen molar-refractivity contribution in [2.24, 2.45) is 5.73 Å². The molecule has 0 saturated heterocycles. The highest BCUT2D eigenvalue weighted by Gasteiger charge is 2.17. The number of benzene rings is 2. The molecule has 0 spiro atoms. The van der Waals surface area contributed by atoms with Crippen LogP contribution in [0.25, 0.3) is 0 Å². The van der Waals surface area contributed by atoms with E-state index in [4.69, 9.17) is 22.1 Å². The highest BCUT2D eigenvalue weighted by atomic mass is 35.5. The molecule has 1 atom stereocenters. The van der Waals surface area contributed by atoms with E-state index in [1.54, 1.807) is 12.1 Å². The maximum atomic E-state index is 13.4. The number of hydrogen-bond donors (Lipinski definition) is 1. The second-order valence-corrected chi connectivity index (χ2v) is 5.80. The lowest BCUT2D eigenvalue weighted by Gasteiger charge is -2.22. The first-order valence-corrected chi connectivity index (χ1v) is 7.46. The monoisotopic (exact) mass is 305 g/mol. The average molecular weight is 306 g/mol. The van der Waals surface area contributed by atoms with Gasteiger partial charge in [-0.05, 0) is 60.2 Å². The predicted molar refractivity (Wildman–Crippen MR) is 82.1 cm³/mol. The number of halogens is 2. The third-order valence-electron chi connectivity index (χ3n) is 3.86. The second kappa shape index (κ2) is 6.04. The van der Waals surface area contributed by atoms with Crippen molar-refractivity contribution in [1.29, 1.82) is 0 Å². The van der Waals surface area contributed by atoms with Crippen molar-refractivity contribution in [1.82, 2.24) is 0 Å². The lowest BCUT2D eigenvalue weighted by molar-refractivity contribution is 0.305. The summed E-state index contributed by atoms with van der Waals surface area (Å²) >= 11 is 5.66. The first-order valence-electron chi connectivity index (χ1n) is 7.08. The van der Waals surface area contributed by atoms with Crippen molar-refractivity contribution in [3.8, 4) is 5.75 Å². The normalized spacial score (nSPS) is 17.4. The summed E-state index contributed by atoms with van der Waals surface area (Å²) in [5.74, 6) is 0.368. The van der Waals surface area contributed by atoms with Gasteiger partial charge in [-0.1, -0.05) is 23.7 Å². The van der Waals surface area contributed by atoms with Crippen molar-refractivity contribution >= 4 is 11.6 Å². The number of aryl methyl sites for hydroxylation is 1. The van der Waals surface area contributed by atoms with E-state index < -0.39 is 5.82 Å². The maximum absolute atomic E-state index is 13.4. The minimum absolute atomic E-state index is 0.126. The Hall–Kier alpha value is -1.58. The maximum Gasteiger partial charge on any atom is 0.142 e. The van der Waals surface area contributed by atoms with Gasteiger partial charge in [-0.3, -0.25) is 0 Å². The van der Waals surface area contributed by atoms with Crippen molar-refractivity contribution in [3.63, 3.8) is 0 Å². The number of rotatable bonds is 3. The number of ether oxygens (including phenoxy) is 1. The third-order valence-corrected chi connectivity index (χ3v) is 4.17. The molecule has 110 valence electrons. The Labute approximate surface area is 128 Å². The van der Waals surface area contributed by atoms with Gasteiger partial charge >= 0.3 is 0 Å². The predicted octanol–water partition coefficient (Wildman–Crippen LogP) is 4.39. The van der Waals surface area contributed by atoms with Gasteiger partial charge in [0, 0.05) is 6.04 Å². The first kappa shape index (κ1) is 14.4. The molecule has 3 rings (SSSR count). The fourth-order valence-corrected chi connectivity index (χ4v) is 2.83. The van der Waals surface area contributed by atoms with Crippen LogP contribution in [0.3, 0.4) is 0 Å². The smallest absolute Gasteiger partial charge is 0.142 e. The third kappa shape index (κ3) is 3.20. The molecule has 0 bridgehead atoms. The van der Waals surface area contributed by atoms with E-state index in [0.29, 0.717) is 6.61 Å². The van der Waals surface area contributed by atoms with Crippen molar-refractivity contribution in [2.75, 3.05) is 0 Å². The van der Waals surface area contributed by atoms with Gasteiger partial charge in [0.15, 0.2) is 0 Å².